The molecule has 0 bridgehead atoms. The summed E-state index contributed by atoms with van der Waals surface area (Å²) in [7, 11) is 0. The molecule has 3 aliphatic heterocycles. The summed E-state index contributed by atoms with van der Waals surface area (Å²) in [5, 5.41) is 7.89. The van der Waals surface area contributed by atoms with Crippen LogP contribution in [0.2, 0.25) is 0 Å². The van der Waals surface area contributed by atoms with E-state index in [2.05, 4.69) is 15.4 Å². The van der Waals surface area contributed by atoms with E-state index in [9.17, 15) is 18.0 Å². The van der Waals surface area contributed by atoms with E-state index in [0.717, 1.165) is 6.07 Å². The smallest absolute Gasteiger partial charge is 0.367 e. The van der Waals surface area contributed by atoms with E-state index in [4.69, 9.17) is 0 Å². The maximum absolute atomic E-state index is 13.7. The third-order valence-electron chi connectivity index (χ3n) is 5.40. The second kappa shape index (κ2) is 6.88. The van der Waals surface area contributed by atoms with Gasteiger partial charge in [0, 0.05) is 37.8 Å². The number of aromatic nitrogens is 3. The molecule has 1 saturated heterocycles. The molecule has 0 unspecified atom stereocenters. The zero-order valence-electron chi connectivity index (χ0n) is 15.8. The van der Waals surface area contributed by atoms with Crippen LogP contribution >= 0.6 is 0 Å². The summed E-state index contributed by atoms with van der Waals surface area (Å²) in [4.78, 5) is 17.9. The van der Waals surface area contributed by atoms with Crippen molar-refractivity contribution in [1.29, 1.82) is 0 Å². The number of rotatable bonds is 2. The predicted molar refractivity (Wildman–Crippen MR) is 108 cm³/mol. The van der Waals surface area contributed by atoms with Crippen LogP contribution in [-0.4, -0.2) is 40.9 Å². The van der Waals surface area contributed by atoms with Gasteiger partial charge in [-0.25, -0.2) is 0 Å². The van der Waals surface area contributed by atoms with E-state index >= 15 is 0 Å². The van der Waals surface area contributed by atoms with Crippen LogP contribution in [0.3, 0.4) is 0 Å². The van der Waals surface area contributed by atoms with Crippen molar-refractivity contribution in [3.63, 3.8) is 0 Å². The molecular weight excluding hydrogens is 395 g/mol. The normalized spacial score (nSPS) is 15.2. The predicted octanol–water partition coefficient (Wildman–Crippen LogP) is 3.25. The molecule has 0 aromatic heterocycles. The topological polar surface area (TPSA) is 66.0 Å². The Labute approximate surface area is 169 Å². The Morgan fingerprint density at radius 2 is 1.77 bits per heavy atom. The largest absolute Gasteiger partial charge is 0.416 e. The van der Waals surface area contributed by atoms with Crippen LogP contribution < -0.4 is 15.8 Å². The Hall–Kier alpha value is -3.33. The number of fused-ring (bicyclic) bond motifs is 3. The van der Waals surface area contributed by atoms with Crippen molar-refractivity contribution < 1.29 is 13.2 Å². The number of nitrogens with one attached hydrogen (secondary N) is 2. The average molecular weight is 413 g/mol. The lowest BCUT2D eigenvalue weighted by Gasteiger charge is -2.31. The molecule has 30 heavy (non-hydrogen) atoms. The molecule has 9 heteroatoms. The zero-order valence-corrected chi connectivity index (χ0v) is 15.8. The number of H-pyrrole nitrogens is 1. The molecule has 0 radical (unpaired) electrons. The van der Waals surface area contributed by atoms with Crippen molar-refractivity contribution in [3.8, 4) is 16.9 Å². The van der Waals surface area contributed by atoms with Gasteiger partial charge >= 0.3 is 6.18 Å². The number of halogens is 3. The van der Waals surface area contributed by atoms with E-state index in [-0.39, 0.29) is 22.2 Å². The Bertz CT molecular complexity index is 1240. The molecule has 0 amide bonds. The van der Waals surface area contributed by atoms with E-state index in [0.29, 0.717) is 43.1 Å². The molecule has 154 valence electrons. The van der Waals surface area contributed by atoms with Gasteiger partial charge in [-0.15, -0.1) is 0 Å². The maximum Gasteiger partial charge on any atom is 0.416 e. The Morgan fingerprint density at radius 1 is 1.03 bits per heavy atom. The van der Waals surface area contributed by atoms with Gasteiger partial charge in [-0.2, -0.15) is 23.0 Å². The molecule has 3 aliphatic rings. The van der Waals surface area contributed by atoms with Crippen molar-refractivity contribution in [2.24, 2.45) is 0 Å². The van der Waals surface area contributed by atoms with E-state index in [1.54, 1.807) is 24.3 Å². The lowest BCUT2D eigenvalue weighted by Crippen LogP contribution is -2.43. The van der Waals surface area contributed by atoms with E-state index < -0.39 is 11.7 Å². The van der Waals surface area contributed by atoms with Gasteiger partial charge in [0.25, 0.3) is 5.56 Å². The summed E-state index contributed by atoms with van der Waals surface area (Å²) in [6.45, 7) is 2.56. The second-order valence-corrected chi connectivity index (χ2v) is 7.26. The molecule has 1 fully saturated rings. The van der Waals surface area contributed by atoms with Crippen LogP contribution in [0.15, 0.2) is 53.5 Å². The van der Waals surface area contributed by atoms with Crippen LogP contribution in [0.1, 0.15) is 5.56 Å². The highest BCUT2D eigenvalue weighted by atomic mass is 19.4. The minimum absolute atomic E-state index is 0.247. The highest BCUT2D eigenvalue weighted by molar-refractivity contribution is 6.00. The highest BCUT2D eigenvalue weighted by Crippen LogP contribution is 2.39. The number of alkyl halides is 3. The van der Waals surface area contributed by atoms with Crippen molar-refractivity contribution in [2.75, 3.05) is 31.1 Å². The fourth-order valence-corrected chi connectivity index (χ4v) is 3.92. The molecule has 5 rings (SSSR count). The number of nitrogens with zero attached hydrogens (tertiary/aromatic N) is 3. The molecule has 2 aromatic rings. The number of pyridine rings is 1. The average Bonchev–Trinajstić information content (AvgIpc) is 3.10. The minimum atomic E-state index is -4.51. The third kappa shape index (κ3) is 3.02. The first kappa shape index (κ1) is 18.7. The Morgan fingerprint density at radius 3 is 2.47 bits per heavy atom. The first-order valence-corrected chi connectivity index (χ1v) is 9.60. The van der Waals surface area contributed by atoms with Gasteiger partial charge in [-0.05, 0) is 24.3 Å². The van der Waals surface area contributed by atoms with Crippen molar-refractivity contribution in [1.82, 2.24) is 20.1 Å². The van der Waals surface area contributed by atoms with Crippen LogP contribution in [-0.2, 0) is 6.18 Å². The summed E-state index contributed by atoms with van der Waals surface area (Å²) in [6.07, 6.45) is -2.98. The molecule has 0 saturated carbocycles. The zero-order chi connectivity index (χ0) is 20.9. The first-order valence-electron chi connectivity index (χ1n) is 9.60. The molecule has 2 aromatic carbocycles. The van der Waals surface area contributed by atoms with Crippen molar-refractivity contribution >= 4 is 16.6 Å². The maximum atomic E-state index is 13.7. The van der Waals surface area contributed by atoms with Crippen molar-refractivity contribution in [3.05, 3.63) is 64.6 Å². The van der Waals surface area contributed by atoms with Gasteiger partial charge in [0.15, 0.2) is 0 Å². The number of hydrogen-bond acceptors (Lipinski definition) is 4. The van der Waals surface area contributed by atoms with Crippen LogP contribution in [0.4, 0.5) is 18.9 Å². The second-order valence-electron chi connectivity index (χ2n) is 7.26. The SMILES string of the molecule is O=c1c2c[nH]c3c(N4CCNCC4)cc(C(F)(F)F)cc3c-2nn1-c1ccccc1. The van der Waals surface area contributed by atoms with E-state index in [1.165, 1.54) is 16.9 Å². The summed E-state index contributed by atoms with van der Waals surface area (Å²) in [5.41, 5.74) is 0.917. The number of para-hydroxylation sites is 1. The fraction of sp³-hybridized carbons (Fsp3) is 0.238. The summed E-state index contributed by atoms with van der Waals surface area (Å²) >= 11 is 0. The quantitative estimate of drug-likeness (QED) is 0.530. The molecule has 3 heterocycles. The standard InChI is InChI=1S/C21H18F3N5O/c22-21(23,24)13-10-15-18-16(20(30)29(27-18)14-4-2-1-3-5-14)12-26-19(15)17(11-13)28-8-6-25-7-9-28/h1-5,10-12,25-26H,6-9H2. The van der Waals surface area contributed by atoms with Crippen LogP contribution in [0.25, 0.3) is 27.8 Å². The molecule has 2 N–H and O–H groups in total. The van der Waals surface area contributed by atoms with Crippen LogP contribution in [0, 0.1) is 0 Å². The molecule has 0 spiro atoms. The minimum Gasteiger partial charge on any atom is -0.367 e. The summed E-state index contributed by atoms with van der Waals surface area (Å²) < 4.78 is 42.3. The summed E-state index contributed by atoms with van der Waals surface area (Å²) in [5.74, 6) is 0. The monoisotopic (exact) mass is 413 g/mol. The molecule has 0 atom stereocenters. The molecule has 6 nitrogen and oxygen atoms in total. The van der Waals surface area contributed by atoms with Gasteiger partial charge in [0.1, 0.15) is 5.69 Å². The Kier molecular flexibility index (Phi) is 4.28. The number of anilines is 1. The third-order valence-corrected chi connectivity index (χ3v) is 5.40. The lowest BCUT2D eigenvalue weighted by atomic mass is 10.0. The van der Waals surface area contributed by atoms with Gasteiger partial charge in [-0.1, -0.05) is 18.2 Å². The fourth-order valence-electron chi connectivity index (χ4n) is 3.92. The molecular formula is C21H18F3N5O. The van der Waals surface area contributed by atoms with Gasteiger partial charge in [-0.3, -0.25) is 4.79 Å². The highest BCUT2D eigenvalue weighted by Gasteiger charge is 2.33. The number of benzene rings is 2. The number of piperazine rings is 1. The first-order chi connectivity index (χ1) is 14.4. The van der Waals surface area contributed by atoms with Gasteiger partial charge < -0.3 is 15.2 Å². The Balaban J connectivity index is 1.80. The summed E-state index contributed by atoms with van der Waals surface area (Å²) in [6, 6.07) is 11.1. The van der Waals surface area contributed by atoms with Crippen molar-refractivity contribution in [2.45, 2.75) is 6.18 Å². The van der Waals surface area contributed by atoms with E-state index in [1.807, 2.05) is 11.0 Å². The number of aromatic amines is 1. The lowest BCUT2D eigenvalue weighted by molar-refractivity contribution is -0.137. The van der Waals surface area contributed by atoms with Gasteiger partial charge in [0.2, 0.25) is 0 Å². The molecule has 0 aliphatic carbocycles. The van der Waals surface area contributed by atoms with Gasteiger partial charge in [0.05, 0.1) is 28.0 Å². The van der Waals surface area contributed by atoms with Crippen LogP contribution in [0.5, 0.6) is 0 Å². The number of hydrogen-bond donors (Lipinski definition) is 2.